The van der Waals surface area contributed by atoms with Crippen LogP contribution < -0.4 is 15.2 Å². The molecule has 0 atom stereocenters. The first-order chi connectivity index (χ1) is 9.63. The van der Waals surface area contributed by atoms with E-state index in [1.165, 1.54) is 0 Å². The third-order valence-electron chi connectivity index (χ3n) is 2.90. The predicted molar refractivity (Wildman–Crippen MR) is 81.4 cm³/mol. The lowest BCUT2D eigenvalue weighted by molar-refractivity contribution is 0.281. The number of rotatable bonds is 6. The van der Waals surface area contributed by atoms with Gasteiger partial charge in [0.1, 0.15) is 6.61 Å². The van der Waals surface area contributed by atoms with Crippen molar-refractivity contribution < 1.29 is 9.47 Å². The average molecular weight is 292 g/mol. The molecule has 5 heteroatoms. The van der Waals surface area contributed by atoms with Gasteiger partial charge in [-0.1, -0.05) is 19.9 Å². The van der Waals surface area contributed by atoms with Crippen molar-refractivity contribution in [1.29, 1.82) is 0 Å². The Balaban J connectivity index is 2.06. The molecule has 2 rings (SSSR count). The largest absolute Gasteiger partial charge is 0.493 e. The molecule has 2 N–H and O–H groups in total. The number of thiazole rings is 1. The highest BCUT2D eigenvalue weighted by Gasteiger charge is 2.09. The molecule has 2 aromatic rings. The first-order valence-corrected chi connectivity index (χ1v) is 7.46. The summed E-state index contributed by atoms with van der Waals surface area (Å²) in [7, 11) is 1.63. The highest BCUT2D eigenvalue weighted by Crippen LogP contribution is 2.29. The van der Waals surface area contributed by atoms with Crippen LogP contribution in [0.4, 0.5) is 0 Å². The van der Waals surface area contributed by atoms with Crippen LogP contribution >= 0.6 is 11.3 Å². The number of hydrogen-bond acceptors (Lipinski definition) is 5. The summed E-state index contributed by atoms with van der Waals surface area (Å²) >= 11 is 1.67. The Morgan fingerprint density at radius 2 is 2.10 bits per heavy atom. The summed E-state index contributed by atoms with van der Waals surface area (Å²) in [4.78, 5) is 4.55. The van der Waals surface area contributed by atoms with Gasteiger partial charge in [0.25, 0.3) is 0 Å². The summed E-state index contributed by atoms with van der Waals surface area (Å²) in [6, 6.07) is 5.73. The minimum atomic E-state index is 0.446. The van der Waals surface area contributed by atoms with Crippen molar-refractivity contribution in [2.24, 2.45) is 5.73 Å². The van der Waals surface area contributed by atoms with Crippen LogP contribution in [0.2, 0.25) is 0 Å². The van der Waals surface area contributed by atoms with Gasteiger partial charge in [-0.05, 0) is 17.7 Å². The second-order valence-electron chi connectivity index (χ2n) is 4.81. The summed E-state index contributed by atoms with van der Waals surface area (Å²) < 4.78 is 11.1. The van der Waals surface area contributed by atoms with Crippen molar-refractivity contribution in [3.63, 3.8) is 0 Å². The fourth-order valence-electron chi connectivity index (χ4n) is 1.76. The maximum absolute atomic E-state index is 5.79. The Kier molecular flexibility index (Phi) is 4.98. The van der Waals surface area contributed by atoms with Crippen LogP contribution in [-0.2, 0) is 13.2 Å². The molecule has 0 amide bonds. The summed E-state index contributed by atoms with van der Waals surface area (Å²) in [6.07, 6.45) is 0. The smallest absolute Gasteiger partial charge is 0.161 e. The Morgan fingerprint density at radius 3 is 2.70 bits per heavy atom. The number of nitrogens with two attached hydrogens (primary N) is 1. The van der Waals surface area contributed by atoms with E-state index < -0.39 is 0 Å². The standard InChI is InChI=1S/C15H20N2O2S/c1-10(2)15-17-12(9-20-15)8-19-13-5-4-11(7-16)6-14(13)18-3/h4-6,9-10H,7-8,16H2,1-3H3. The van der Waals surface area contributed by atoms with E-state index in [9.17, 15) is 0 Å². The molecule has 0 aliphatic heterocycles. The van der Waals surface area contributed by atoms with Gasteiger partial charge in [0.15, 0.2) is 11.5 Å². The molecule has 0 fully saturated rings. The first-order valence-electron chi connectivity index (χ1n) is 6.58. The van der Waals surface area contributed by atoms with E-state index in [2.05, 4.69) is 18.8 Å². The van der Waals surface area contributed by atoms with E-state index in [1.807, 2.05) is 23.6 Å². The van der Waals surface area contributed by atoms with E-state index in [0.29, 0.717) is 30.6 Å². The minimum absolute atomic E-state index is 0.446. The average Bonchev–Trinajstić information content (AvgIpc) is 2.94. The third kappa shape index (κ3) is 3.49. The van der Waals surface area contributed by atoms with Crippen molar-refractivity contribution in [2.75, 3.05) is 7.11 Å². The molecule has 0 bridgehead atoms. The molecular formula is C15H20N2O2S. The van der Waals surface area contributed by atoms with Gasteiger partial charge in [0.05, 0.1) is 17.8 Å². The molecule has 1 heterocycles. The van der Waals surface area contributed by atoms with Gasteiger partial charge in [-0.3, -0.25) is 0 Å². The van der Waals surface area contributed by atoms with Gasteiger partial charge >= 0.3 is 0 Å². The molecule has 1 aromatic heterocycles. The number of aromatic nitrogens is 1. The Labute approximate surface area is 123 Å². The molecule has 0 unspecified atom stereocenters. The maximum atomic E-state index is 5.79. The first kappa shape index (κ1) is 14.8. The van der Waals surface area contributed by atoms with Gasteiger partial charge in [-0.25, -0.2) is 4.98 Å². The van der Waals surface area contributed by atoms with Crippen LogP contribution in [0.15, 0.2) is 23.6 Å². The van der Waals surface area contributed by atoms with Crippen LogP contribution in [0, 0.1) is 0 Å². The third-order valence-corrected chi connectivity index (χ3v) is 4.10. The van der Waals surface area contributed by atoms with E-state index >= 15 is 0 Å². The van der Waals surface area contributed by atoms with E-state index in [1.54, 1.807) is 18.4 Å². The lowest BCUT2D eigenvalue weighted by atomic mass is 10.2. The SMILES string of the molecule is COc1cc(CN)ccc1OCc1csc(C(C)C)n1. The summed E-state index contributed by atoms with van der Waals surface area (Å²) in [6.45, 7) is 5.21. The lowest BCUT2D eigenvalue weighted by Gasteiger charge is -2.11. The molecule has 0 spiro atoms. The Morgan fingerprint density at radius 1 is 1.30 bits per heavy atom. The van der Waals surface area contributed by atoms with Crippen molar-refractivity contribution in [3.8, 4) is 11.5 Å². The van der Waals surface area contributed by atoms with Crippen molar-refractivity contribution in [1.82, 2.24) is 4.98 Å². The zero-order valence-electron chi connectivity index (χ0n) is 12.1. The molecule has 0 aliphatic rings. The zero-order chi connectivity index (χ0) is 14.5. The molecule has 1 aromatic carbocycles. The summed E-state index contributed by atoms with van der Waals surface area (Å²) in [5, 5.41) is 3.17. The fourth-order valence-corrected chi connectivity index (χ4v) is 2.58. The minimum Gasteiger partial charge on any atom is -0.493 e. The van der Waals surface area contributed by atoms with E-state index in [0.717, 1.165) is 16.3 Å². The van der Waals surface area contributed by atoms with Gasteiger partial charge in [0.2, 0.25) is 0 Å². The Bertz CT molecular complexity index is 567. The molecule has 0 radical (unpaired) electrons. The highest BCUT2D eigenvalue weighted by molar-refractivity contribution is 7.09. The predicted octanol–water partition coefficient (Wildman–Crippen LogP) is 3.31. The van der Waals surface area contributed by atoms with Gasteiger partial charge in [-0.15, -0.1) is 11.3 Å². The van der Waals surface area contributed by atoms with Gasteiger partial charge in [-0.2, -0.15) is 0 Å². The monoisotopic (exact) mass is 292 g/mol. The van der Waals surface area contributed by atoms with Gasteiger partial charge < -0.3 is 15.2 Å². The fraction of sp³-hybridized carbons (Fsp3) is 0.400. The van der Waals surface area contributed by atoms with Crippen LogP contribution in [0.1, 0.15) is 36.0 Å². The topological polar surface area (TPSA) is 57.4 Å². The van der Waals surface area contributed by atoms with E-state index in [4.69, 9.17) is 15.2 Å². The van der Waals surface area contributed by atoms with Crippen molar-refractivity contribution >= 4 is 11.3 Å². The quantitative estimate of drug-likeness (QED) is 0.887. The van der Waals surface area contributed by atoms with Gasteiger partial charge in [0, 0.05) is 17.8 Å². The van der Waals surface area contributed by atoms with Crippen LogP contribution in [0.3, 0.4) is 0 Å². The second-order valence-corrected chi connectivity index (χ2v) is 5.70. The highest BCUT2D eigenvalue weighted by atomic mass is 32.1. The maximum Gasteiger partial charge on any atom is 0.161 e. The summed E-state index contributed by atoms with van der Waals surface area (Å²) in [5.41, 5.74) is 7.58. The number of methoxy groups -OCH3 is 1. The molecule has 4 nitrogen and oxygen atoms in total. The van der Waals surface area contributed by atoms with E-state index in [-0.39, 0.29) is 0 Å². The molecule has 0 aliphatic carbocycles. The Hall–Kier alpha value is -1.59. The summed E-state index contributed by atoms with van der Waals surface area (Å²) in [5.74, 6) is 1.86. The molecule has 0 saturated carbocycles. The second kappa shape index (κ2) is 6.72. The molecule has 20 heavy (non-hydrogen) atoms. The number of nitrogens with zero attached hydrogens (tertiary/aromatic N) is 1. The van der Waals surface area contributed by atoms with Crippen molar-refractivity contribution in [3.05, 3.63) is 39.8 Å². The molecule has 108 valence electrons. The van der Waals surface area contributed by atoms with Crippen LogP contribution in [0.25, 0.3) is 0 Å². The van der Waals surface area contributed by atoms with Crippen molar-refractivity contribution in [2.45, 2.75) is 32.9 Å². The molecule has 0 saturated heterocycles. The number of ether oxygens (including phenoxy) is 2. The number of benzene rings is 1. The van der Waals surface area contributed by atoms with Crippen LogP contribution in [0.5, 0.6) is 11.5 Å². The zero-order valence-corrected chi connectivity index (χ0v) is 12.9. The van der Waals surface area contributed by atoms with Crippen LogP contribution in [-0.4, -0.2) is 12.1 Å². The normalized spacial score (nSPS) is 10.8. The molecular weight excluding hydrogens is 272 g/mol. The lowest BCUT2D eigenvalue weighted by Crippen LogP contribution is -2.01. The number of hydrogen-bond donors (Lipinski definition) is 1.